The lowest BCUT2D eigenvalue weighted by Crippen LogP contribution is -2.12. The summed E-state index contributed by atoms with van der Waals surface area (Å²) in [5.74, 6) is 2.70. The predicted molar refractivity (Wildman–Crippen MR) is 78.6 cm³/mol. The lowest BCUT2D eigenvalue weighted by atomic mass is 9.84. The van der Waals surface area contributed by atoms with Gasteiger partial charge in [-0.25, -0.2) is 0 Å². The fourth-order valence-electron chi connectivity index (χ4n) is 3.81. The van der Waals surface area contributed by atoms with Crippen LogP contribution in [0.5, 0.6) is 0 Å². The minimum Gasteiger partial charge on any atom is -0.118 e. The second kappa shape index (κ2) is 5.23. The molecule has 0 aromatic heterocycles. The molecule has 0 N–H and O–H groups in total. The maximum Gasteiger partial charge on any atom is 0.0602 e. The summed E-state index contributed by atoms with van der Waals surface area (Å²) in [6, 6.07) is 5.63. The van der Waals surface area contributed by atoms with E-state index in [4.69, 9.17) is 34.8 Å². The highest BCUT2D eigenvalue weighted by molar-refractivity contribution is 6.35. The van der Waals surface area contributed by atoms with Crippen LogP contribution in [-0.2, 0) is 0 Å². The van der Waals surface area contributed by atoms with Crippen molar-refractivity contribution in [2.45, 2.75) is 37.5 Å². The molecule has 0 nitrogen and oxygen atoms in total. The maximum atomic E-state index is 6.55. The van der Waals surface area contributed by atoms with Crippen LogP contribution >= 0.6 is 34.8 Å². The molecule has 2 aliphatic rings. The Labute approximate surface area is 124 Å². The Morgan fingerprint density at radius 2 is 2.00 bits per heavy atom. The van der Waals surface area contributed by atoms with E-state index in [1.54, 1.807) is 6.07 Å². The summed E-state index contributed by atoms with van der Waals surface area (Å²) in [4.78, 5) is 0. The average Bonchev–Trinajstić information content (AvgIpc) is 2.90. The summed E-state index contributed by atoms with van der Waals surface area (Å²) in [6.45, 7) is 0. The van der Waals surface area contributed by atoms with Gasteiger partial charge in [0, 0.05) is 10.0 Å². The number of rotatable bonds is 3. The molecule has 0 aliphatic heterocycles. The van der Waals surface area contributed by atoms with E-state index >= 15 is 0 Å². The van der Waals surface area contributed by atoms with Crippen LogP contribution in [0.4, 0.5) is 0 Å². The average molecular weight is 304 g/mol. The molecule has 4 atom stereocenters. The van der Waals surface area contributed by atoms with Gasteiger partial charge in [0.05, 0.1) is 5.38 Å². The van der Waals surface area contributed by atoms with Crippen molar-refractivity contribution in [1.82, 2.24) is 0 Å². The number of hydrogen-bond acceptors (Lipinski definition) is 0. The Morgan fingerprint density at radius 1 is 1.17 bits per heavy atom. The largest absolute Gasteiger partial charge is 0.118 e. The predicted octanol–water partition coefficient (Wildman–Crippen LogP) is 6.10. The lowest BCUT2D eigenvalue weighted by Gasteiger charge is -2.24. The monoisotopic (exact) mass is 302 g/mol. The van der Waals surface area contributed by atoms with E-state index in [-0.39, 0.29) is 5.38 Å². The molecule has 0 amide bonds. The van der Waals surface area contributed by atoms with Crippen molar-refractivity contribution >= 4 is 34.8 Å². The molecule has 1 aromatic carbocycles. The topological polar surface area (TPSA) is 0 Å². The standard InChI is InChI=1S/C15H17Cl3/c16-12-3-4-13(15(18)8-12)14(17)7-11-6-9-1-2-10(11)5-9/h3-4,8-11,14H,1-2,5-7H2. The SMILES string of the molecule is Clc1ccc(C(Cl)CC2CC3CCC2C3)c(Cl)c1. The molecule has 2 aliphatic carbocycles. The van der Waals surface area contributed by atoms with Gasteiger partial charge in [0.2, 0.25) is 0 Å². The molecule has 2 fully saturated rings. The van der Waals surface area contributed by atoms with Crippen molar-refractivity contribution in [3.05, 3.63) is 33.8 Å². The van der Waals surface area contributed by atoms with Crippen molar-refractivity contribution in [1.29, 1.82) is 0 Å². The van der Waals surface area contributed by atoms with Crippen molar-refractivity contribution in [2.24, 2.45) is 17.8 Å². The van der Waals surface area contributed by atoms with Crippen LogP contribution in [0.2, 0.25) is 10.0 Å². The first-order chi connectivity index (χ1) is 8.63. The maximum absolute atomic E-state index is 6.55. The highest BCUT2D eigenvalue weighted by atomic mass is 35.5. The van der Waals surface area contributed by atoms with E-state index < -0.39 is 0 Å². The first-order valence-corrected chi connectivity index (χ1v) is 7.91. The van der Waals surface area contributed by atoms with E-state index in [1.807, 2.05) is 12.1 Å². The zero-order valence-electron chi connectivity index (χ0n) is 10.2. The first-order valence-electron chi connectivity index (χ1n) is 6.72. The Balaban J connectivity index is 1.69. The minimum absolute atomic E-state index is 0.0270. The van der Waals surface area contributed by atoms with Gasteiger partial charge in [0.25, 0.3) is 0 Å². The molecule has 0 spiro atoms. The number of alkyl halides is 1. The van der Waals surface area contributed by atoms with Gasteiger partial charge in [0.15, 0.2) is 0 Å². The molecule has 3 heteroatoms. The van der Waals surface area contributed by atoms with Crippen LogP contribution in [-0.4, -0.2) is 0 Å². The fourth-order valence-corrected chi connectivity index (χ4v) is 4.83. The second-order valence-electron chi connectivity index (χ2n) is 5.80. The van der Waals surface area contributed by atoms with Gasteiger partial charge < -0.3 is 0 Å². The van der Waals surface area contributed by atoms with Crippen LogP contribution in [0.15, 0.2) is 18.2 Å². The van der Waals surface area contributed by atoms with Crippen LogP contribution in [0, 0.1) is 17.8 Å². The summed E-state index contributed by atoms with van der Waals surface area (Å²) in [7, 11) is 0. The third-order valence-electron chi connectivity index (χ3n) is 4.69. The van der Waals surface area contributed by atoms with Crippen LogP contribution < -0.4 is 0 Å². The van der Waals surface area contributed by atoms with E-state index in [2.05, 4.69) is 0 Å². The van der Waals surface area contributed by atoms with E-state index in [0.717, 1.165) is 29.7 Å². The number of hydrogen-bond donors (Lipinski definition) is 0. The van der Waals surface area contributed by atoms with Crippen molar-refractivity contribution in [3.8, 4) is 0 Å². The lowest BCUT2D eigenvalue weighted by molar-refractivity contribution is 0.312. The summed E-state index contributed by atoms with van der Waals surface area (Å²) >= 11 is 18.7. The summed E-state index contributed by atoms with van der Waals surface area (Å²) in [6.07, 6.45) is 6.72. The smallest absolute Gasteiger partial charge is 0.0602 e. The Kier molecular flexibility index (Phi) is 3.80. The normalized spacial score (nSPS) is 31.8. The highest BCUT2D eigenvalue weighted by Gasteiger charge is 2.40. The molecule has 0 radical (unpaired) electrons. The molecule has 2 bridgehead atoms. The third kappa shape index (κ3) is 2.53. The van der Waals surface area contributed by atoms with Gasteiger partial charge in [-0.1, -0.05) is 35.7 Å². The van der Waals surface area contributed by atoms with E-state index in [1.165, 1.54) is 25.7 Å². The van der Waals surface area contributed by atoms with Crippen molar-refractivity contribution in [2.75, 3.05) is 0 Å². The van der Waals surface area contributed by atoms with Gasteiger partial charge >= 0.3 is 0 Å². The van der Waals surface area contributed by atoms with E-state index in [0.29, 0.717) is 10.0 Å². The molecule has 18 heavy (non-hydrogen) atoms. The van der Waals surface area contributed by atoms with Crippen LogP contribution in [0.3, 0.4) is 0 Å². The molecule has 4 unspecified atom stereocenters. The number of fused-ring (bicyclic) bond motifs is 2. The molecule has 98 valence electrons. The quantitative estimate of drug-likeness (QED) is 0.592. The number of halogens is 3. The first kappa shape index (κ1) is 13.1. The van der Waals surface area contributed by atoms with E-state index in [9.17, 15) is 0 Å². The second-order valence-corrected chi connectivity index (χ2v) is 7.17. The molecule has 0 saturated heterocycles. The summed E-state index contributed by atoms with van der Waals surface area (Å²) in [5.41, 5.74) is 1.03. The highest BCUT2D eigenvalue weighted by Crippen LogP contribution is 2.52. The fraction of sp³-hybridized carbons (Fsp3) is 0.600. The number of benzene rings is 1. The zero-order valence-corrected chi connectivity index (χ0v) is 12.5. The van der Waals surface area contributed by atoms with Gasteiger partial charge in [-0.2, -0.15) is 0 Å². The molecule has 2 saturated carbocycles. The third-order valence-corrected chi connectivity index (χ3v) is 5.67. The van der Waals surface area contributed by atoms with Gasteiger partial charge in [-0.15, -0.1) is 11.6 Å². The Bertz CT molecular complexity index is 443. The zero-order chi connectivity index (χ0) is 12.7. The van der Waals surface area contributed by atoms with Crippen molar-refractivity contribution < 1.29 is 0 Å². The molecular weight excluding hydrogens is 287 g/mol. The Hall–Kier alpha value is 0.0900. The Morgan fingerprint density at radius 3 is 2.61 bits per heavy atom. The summed E-state index contributed by atoms with van der Waals surface area (Å²) in [5, 5.41) is 1.40. The molecule has 0 heterocycles. The van der Waals surface area contributed by atoms with Gasteiger partial charge in [-0.3, -0.25) is 0 Å². The molecular formula is C15H17Cl3. The summed E-state index contributed by atoms with van der Waals surface area (Å²) < 4.78 is 0. The van der Waals surface area contributed by atoms with Crippen molar-refractivity contribution in [3.63, 3.8) is 0 Å². The van der Waals surface area contributed by atoms with Gasteiger partial charge in [-0.05, 0) is 61.1 Å². The molecule has 1 aromatic rings. The van der Waals surface area contributed by atoms with Crippen LogP contribution in [0.25, 0.3) is 0 Å². The van der Waals surface area contributed by atoms with Crippen LogP contribution in [0.1, 0.15) is 43.0 Å². The van der Waals surface area contributed by atoms with Gasteiger partial charge in [0.1, 0.15) is 0 Å². The molecule has 3 rings (SSSR count). The minimum atomic E-state index is 0.0270.